The topological polar surface area (TPSA) is 25.5 Å². The van der Waals surface area contributed by atoms with Crippen LogP contribution < -0.4 is 0 Å². The first kappa shape index (κ1) is 12.0. The van der Waals surface area contributed by atoms with E-state index in [2.05, 4.69) is 54.4 Å². The fourth-order valence-electron chi connectivity index (χ4n) is 2.42. The van der Waals surface area contributed by atoms with E-state index >= 15 is 0 Å². The second-order valence-electron chi connectivity index (χ2n) is 4.88. The summed E-state index contributed by atoms with van der Waals surface area (Å²) in [5.41, 5.74) is 4.55. The number of nitrogens with zero attached hydrogens (tertiary/aromatic N) is 1. The first-order valence-corrected chi connectivity index (χ1v) is 6.61. The van der Waals surface area contributed by atoms with Gasteiger partial charge < -0.3 is 4.42 Å². The van der Waals surface area contributed by atoms with Crippen molar-refractivity contribution < 1.29 is 4.42 Å². The van der Waals surface area contributed by atoms with Crippen LogP contribution in [0, 0.1) is 6.92 Å². The number of aliphatic imine (C=N–C) groups is 1. The highest BCUT2D eigenvalue weighted by atomic mass is 16.3. The molecule has 1 aliphatic carbocycles. The molecule has 0 atom stereocenters. The molecule has 2 aromatic rings. The van der Waals surface area contributed by atoms with E-state index in [0.29, 0.717) is 0 Å². The molecule has 2 nitrogen and oxygen atoms in total. The monoisotopic (exact) mass is 251 g/mol. The SMILES string of the molecule is CN=C(c1ccc(C)cc1)c1cc2c(o1)C=CCC2. The van der Waals surface area contributed by atoms with E-state index in [1.165, 1.54) is 11.1 Å². The predicted octanol–water partition coefficient (Wildman–Crippen LogP) is 4.01. The lowest BCUT2D eigenvalue weighted by Crippen LogP contribution is -2.01. The molecule has 1 aromatic heterocycles. The summed E-state index contributed by atoms with van der Waals surface area (Å²) in [5, 5.41) is 0. The first-order valence-electron chi connectivity index (χ1n) is 6.61. The minimum atomic E-state index is 0.864. The normalized spacial score (nSPS) is 14.5. The maximum absolute atomic E-state index is 5.93. The van der Waals surface area contributed by atoms with Crippen molar-refractivity contribution in [2.24, 2.45) is 4.99 Å². The molecule has 1 heterocycles. The molecule has 1 aromatic carbocycles. The third-order valence-electron chi connectivity index (χ3n) is 3.47. The van der Waals surface area contributed by atoms with Gasteiger partial charge in [-0.15, -0.1) is 0 Å². The zero-order valence-electron chi connectivity index (χ0n) is 11.3. The molecule has 0 aliphatic heterocycles. The van der Waals surface area contributed by atoms with Gasteiger partial charge in [0.1, 0.15) is 11.5 Å². The Labute approximate surface area is 113 Å². The Morgan fingerprint density at radius 1 is 1.21 bits per heavy atom. The molecule has 0 amide bonds. The fraction of sp³-hybridized carbons (Fsp3) is 0.235. The van der Waals surface area contributed by atoms with Crippen molar-refractivity contribution >= 4 is 11.8 Å². The number of fused-ring (bicyclic) bond motifs is 1. The van der Waals surface area contributed by atoms with Crippen molar-refractivity contribution in [2.75, 3.05) is 7.05 Å². The molecule has 0 fully saturated rings. The average molecular weight is 251 g/mol. The summed E-state index contributed by atoms with van der Waals surface area (Å²) in [4.78, 5) is 4.40. The molecule has 1 aliphatic rings. The molecule has 0 bridgehead atoms. The summed E-state index contributed by atoms with van der Waals surface area (Å²) in [7, 11) is 1.81. The molecule has 0 saturated carbocycles. The molecule has 3 rings (SSSR count). The quantitative estimate of drug-likeness (QED) is 0.740. The highest BCUT2D eigenvalue weighted by Crippen LogP contribution is 2.25. The highest BCUT2D eigenvalue weighted by Gasteiger charge is 2.16. The molecule has 0 radical (unpaired) electrons. The van der Waals surface area contributed by atoms with Crippen LogP contribution in [0.15, 0.2) is 45.8 Å². The van der Waals surface area contributed by atoms with Crippen molar-refractivity contribution in [2.45, 2.75) is 19.8 Å². The van der Waals surface area contributed by atoms with Gasteiger partial charge in [0.2, 0.25) is 0 Å². The summed E-state index contributed by atoms with van der Waals surface area (Å²) in [5.74, 6) is 1.84. The number of furan rings is 1. The van der Waals surface area contributed by atoms with Crippen LogP contribution in [0.3, 0.4) is 0 Å². The summed E-state index contributed by atoms with van der Waals surface area (Å²) in [6.45, 7) is 2.09. The zero-order valence-corrected chi connectivity index (χ0v) is 11.3. The van der Waals surface area contributed by atoms with Crippen LogP contribution >= 0.6 is 0 Å². The highest BCUT2D eigenvalue weighted by molar-refractivity contribution is 6.11. The van der Waals surface area contributed by atoms with Crippen LogP contribution in [-0.4, -0.2) is 12.8 Å². The lowest BCUT2D eigenvalue weighted by molar-refractivity contribution is 0.542. The summed E-state index contributed by atoms with van der Waals surface area (Å²) >= 11 is 0. The van der Waals surface area contributed by atoms with Gasteiger partial charge in [-0.25, -0.2) is 0 Å². The van der Waals surface area contributed by atoms with Crippen molar-refractivity contribution in [3.05, 3.63) is 64.6 Å². The number of benzene rings is 1. The van der Waals surface area contributed by atoms with Gasteiger partial charge in [0.25, 0.3) is 0 Å². The third-order valence-corrected chi connectivity index (χ3v) is 3.47. The maximum atomic E-state index is 5.93. The van der Waals surface area contributed by atoms with Gasteiger partial charge in [-0.05, 0) is 37.5 Å². The maximum Gasteiger partial charge on any atom is 0.153 e. The van der Waals surface area contributed by atoms with Crippen LogP contribution in [0.5, 0.6) is 0 Å². The Morgan fingerprint density at radius 3 is 2.68 bits per heavy atom. The molecule has 0 N–H and O–H groups in total. The second kappa shape index (κ2) is 4.88. The van der Waals surface area contributed by atoms with Crippen LogP contribution in [0.4, 0.5) is 0 Å². The van der Waals surface area contributed by atoms with Gasteiger partial charge in [0.05, 0.1) is 0 Å². The van der Waals surface area contributed by atoms with Crippen molar-refractivity contribution in [3.8, 4) is 0 Å². The van der Waals surface area contributed by atoms with Gasteiger partial charge in [0.15, 0.2) is 5.76 Å². The average Bonchev–Trinajstić information content (AvgIpc) is 2.85. The van der Waals surface area contributed by atoms with E-state index in [9.17, 15) is 0 Å². The molecule has 0 saturated heterocycles. The van der Waals surface area contributed by atoms with Gasteiger partial charge in [-0.2, -0.15) is 0 Å². The van der Waals surface area contributed by atoms with E-state index in [4.69, 9.17) is 4.42 Å². The van der Waals surface area contributed by atoms with Crippen LogP contribution in [0.1, 0.15) is 34.6 Å². The van der Waals surface area contributed by atoms with Gasteiger partial charge in [0, 0.05) is 12.6 Å². The van der Waals surface area contributed by atoms with E-state index in [-0.39, 0.29) is 0 Å². The number of rotatable bonds is 2. The second-order valence-corrected chi connectivity index (χ2v) is 4.88. The smallest absolute Gasteiger partial charge is 0.153 e. The predicted molar refractivity (Wildman–Crippen MR) is 78.8 cm³/mol. The molecule has 96 valence electrons. The Hall–Kier alpha value is -2.09. The van der Waals surface area contributed by atoms with Crippen LogP contribution in [-0.2, 0) is 6.42 Å². The van der Waals surface area contributed by atoms with Crippen molar-refractivity contribution in [3.63, 3.8) is 0 Å². The third kappa shape index (κ3) is 2.26. The van der Waals surface area contributed by atoms with E-state index in [0.717, 1.165) is 35.6 Å². The summed E-state index contributed by atoms with van der Waals surface area (Å²) < 4.78 is 5.93. The zero-order chi connectivity index (χ0) is 13.2. The van der Waals surface area contributed by atoms with Gasteiger partial charge >= 0.3 is 0 Å². The number of aryl methyl sites for hydroxylation is 2. The summed E-state index contributed by atoms with van der Waals surface area (Å²) in [6.07, 6.45) is 6.37. The molecule has 0 spiro atoms. The fourth-order valence-corrected chi connectivity index (χ4v) is 2.42. The first-order chi connectivity index (χ1) is 9.28. The van der Waals surface area contributed by atoms with Crippen LogP contribution in [0.25, 0.3) is 6.08 Å². The minimum absolute atomic E-state index is 0.864. The molecule has 2 heteroatoms. The number of allylic oxidation sites excluding steroid dienone is 1. The molecule has 19 heavy (non-hydrogen) atoms. The van der Waals surface area contributed by atoms with Crippen molar-refractivity contribution in [1.29, 1.82) is 0 Å². The van der Waals surface area contributed by atoms with E-state index < -0.39 is 0 Å². The largest absolute Gasteiger partial charge is 0.455 e. The number of hydrogen-bond acceptors (Lipinski definition) is 2. The Kier molecular flexibility index (Phi) is 3.08. The minimum Gasteiger partial charge on any atom is -0.455 e. The lowest BCUT2D eigenvalue weighted by Gasteiger charge is -2.03. The molecule has 0 unspecified atom stereocenters. The Morgan fingerprint density at radius 2 is 2.00 bits per heavy atom. The Bertz CT molecular complexity index is 644. The number of hydrogen-bond donors (Lipinski definition) is 0. The van der Waals surface area contributed by atoms with E-state index in [1.807, 2.05) is 7.05 Å². The summed E-state index contributed by atoms with van der Waals surface area (Å²) in [6, 6.07) is 10.5. The molecular formula is C17H17NO. The van der Waals surface area contributed by atoms with Crippen LogP contribution in [0.2, 0.25) is 0 Å². The Balaban J connectivity index is 2.01. The van der Waals surface area contributed by atoms with Crippen molar-refractivity contribution in [1.82, 2.24) is 0 Å². The van der Waals surface area contributed by atoms with E-state index in [1.54, 1.807) is 0 Å². The van der Waals surface area contributed by atoms with Gasteiger partial charge in [-0.1, -0.05) is 35.9 Å². The molecular weight excluding hydrogens is 234 g/mol. The standard InChI is InChI=1S/C17H17NO/c1-12-7-9-13(10-8-12)17(18-2)16-11-14-5-3-4-6-15(14)19-16/h4,6-11H,3,5H2,1-2H3. The lowest BCUT2D eigenvalue weighted by atomic mass is 10.0. The van der Waals surface area contributed by atoms with Gasteiger partial charge in [-0.3, -0.25) is 4.99 Å².